The zero-order chi connectivity index (χ0) is 23.7. The van der Waals surface area contributed by atoms with E-state index >= 15 is 0 Å². The fourth-order valence-corrected chi connectivity index (χ4v) is 4.12. The Morgan fingerprint density at radius 2 is 0.853 bits per heavy atom. The molecule has 0 unspecified atom stereocenters. The second-order valence-electron chi connectivity index (χ2n) is 8.48. The normalized spacial score (nSPS) is 13.2. The van der Waals surface area contributed by atoms with Gasteiger partial charge in [-0.3, -0.25) is 0 Å². The Hall–Kier alpha value is -4.32. The lowest BCUT2D eigenvalue weighted by atomic mass is 10.0. The van der Waals surface area contributed by atoms with E-state index in [1.807, 2.05) is 24.3 Å². The van der Waals surface area contributed by atoms with Crippen LogP contribution in [0.1, 0.15) is 22.3 Å². The number of ether oxygens (including phenoxy) is 2. The average Bonchev–Trinajstić information content (AvgIpc) is 2.79. The van der Waals surface area contributed by atoms with Gasteiger partial charge in [-0.05, 0) is 96.5 Å². The van der Waals surface area contributed by atoms with Crippen LogP contribution in [0, 0.1) is 0 Å². The average molecular weight is 456 g/mol. The monoisotopic (exact) mass is 456 g/mol. The predicted molar refractivity (Wildman–Crippen MR) is 127 cm³/mol. The van der Waals surface area contributed by atoms with Gasteiger partial charge in [-0.15, -0.1) is 0 Å². The summed E-state index contributed by atoms with van der Waals surface area (Å²) in [6.45, 7) is 0. The molecule has 5 rings (SSSR count). The van der Waals surface area contributed by atoms with E-state index in [0.29, 0.717) is 48.7 Å². The lowest BCUT2D eigenvalue weighted by molar-refractivity contribution is 0.406. The second kappa shape index (κ2) is 8.90. The highest BCUT2D eigenvalue weighted by atomic mass is 16.5. The highest BCUT2D eigenvalue weighted by Crippen LogP contribution is 2.36. The number of aryl methyl sites for hydroxylation is 4. The molecule has 4 N–H and O–H groups in total. The van der Waals surface area contributed by atoms with Crippen molar-refractivity contribution in [2.45, 2.75) is 25.7 Å². The van der Waals surface area contributed by atoms with Gasteiger partial charge in [-0.2, -0.15) is 0 Å². The van der Waals surface area contributed by atoms with Crippen LogP contribution in [-0.2, 0) is 25.7 Å². The number of fused-ring (bicyclic) bond motifs is 8. The second-order valence-corrected chi connectivity index (χ2v) is 8.48. The number of hydrogen-bond acceptors (Lipinski definition) is 6. The lowest BCUT2D eigenvalue weighted by Crippen LogP contribution is -1.96. The number of phenolic OH excluding ortho intramolecular Hbond substituents is 4. The van der Waals surface area contributed by atoms with Gasteiger partial charge in [0, 0.05) is 12.1 Å². The summed E-state index contributed by atoms with van der Waals surface area (Å²) in [6.07, 6.45) is 2.48. The van der Waals surface area contributed by atoms with Crippen molar-refractivity contribution in [3.8, 4) is 46.0 Å². The van der Waals surface area contributed by atoms with Crippen LogP contribution in [-0.4, -0.2) is 20.4 Å². The van der Waals surface area contributed by atoms with Crippen molar-refractivity contribution in [2.75, 3.05) is 0 Å². The van der Waals surface area contributed by atoms with E-state index in [1.54, 1.807) is 36.4 Å². The topological polar surface area (TPSA) is 99.4 Å². The molecule has 0 fully saturated rings. The molecule has 0 radical (unpaired) electrons. The minimum absolute atomic E-state index is 0.00714. The number of hydrogen-bond donors (Lipinski definition) is 4. The summed E-state index contributed by atoms with van der Waals surface area (Å²) in [5.41, 5.74) is 3.59. The Labute approximate surface area is 196 Å². The maximum atomic E-state index is 10.3. The van der Waals surface area contributed by atoms with Gasteiger partial charge in [0.05, 0.1) is 0 Å². The van der Waals surface area contributed by atoms with Crippen molar-refractivity contribution in [1.29, 1.82) is 0 Å². The first-order valence-corrected chi connectivity index (χ1v) is 11.1. The van der Waals surface area contributed by atoms with Crippen LogP contribution in [0.3, 0.4) is 0 Å². The third-order valence-corrected chi connectivity index (χ3v) is 5.81. The summed E-state index contributed by atoms with van der Waals surface area (Å²) >= 11 is 0. The van der Waals surface area contributed by atoms with Crippen molar-refractivity contribution in [2.24, 2.45) is 0 Å². The molecule has 34 heavy (non-hydrogen) atoms. The Kier molecular flexibility index (Phi) is 5.64. The molecule has 6 nitrogen and oxygen atoms in total. The van der Waals surface area contributed by atoms with Crippen molar-refractivity contribution in [3.63, 3.8) is 0 Å². The van der Waals surface area contributed by atoms with E-state index in [4.69, 9.17) is 9.47 Å². The Morgan fingerprint density at radius 3 is 1.29 bits per heavy atom. The first kappa shape index (κ1) is 21.5. The van der Waals surface area contributed by atoms with Crippen LogP contribution in [0.15, 0.2) is 72.8 Å². The number of benzene rings is 4. The van der Waals surface area contributed by atoms with E-state index in [2.05, 4.69) is 0 Å². The summed E-state index contributed by atoms with van der Waals surface area (Å²) < 4.78 is 11.9. The number of rotatable bonds is 0. The van der Waals surface area contributed by atoms with E-state index < -0.39 is 0 Å². The summed E-state index contributed by atoms with van der Waals surface area (Å²) in [4.78, 5) is 0. The zero-order valence-electron chi connectivity index (χ0n) is 18.4. The Balaban J connectivity index is 1.57. The number of aromatic hydroxyl groups is 4. The largest absolute Gasteiger partial charge is 0.508 e. The predicted octanol–water partition coefficient (Wildman–Crippen LogP) is 5.98. The molecule has 6 heteroatoms. The van der Waals surface area contributed by atoms with Gasteiger partial charge in [0.1, 0.15) is 23.0 Å². The standard InChI is InChI=1S/C28H24O6/c29-21-9-19-3-1-17-5-7-25(31)27(13-17)33-24-12-20(10-22(30)16-24)4-2-18-6-8-26(32)28(14-18)34-23(11-19)15-21/h5-16,29-32H,1-4H2. The van der Waals surface area contributed by atoms with Crippen LogP contribution in [0.4, 0.5) is 0 Å². The van der Waals surface area contributed by atoms with Crippen LogP contribution in [0.5, 0.6) is 46.0 Å². The minimum Gasteiger partial charge on any atom is -0.508 e. The maximum Gasteiger partial charge on any atom is 0.169 e. The van der Waals surface area contributed by atoms with Gasteiger partial charge < -0.3 is 29.9 Å². The molecule has 0 atom stereocenters. The molecule has 8 bridgehead atoms. The molecule has 1 heterocycles. The molecule has 1 aliphatic heterocycles. The van der Waals surface area contributed by atoms with Crippen molar-refractivity contribution in [1.82, 2.24) is 0 Å². The van der Waals surface area contributed by atoms with E-state index in [0.717, 1.165) is 22.3 Å². The molecule has 0 aromatic heterocycles. The first-order chi connectivity index (χ1) is 16.4. The van der Waals surface area contributed by atoms with Gasteiger partial charge >= 0.3 is 0 Å². The van der Waals surface area contributed by atoms with E-state index in [1.165, 1.54) is 12.1 Å². The molecule has 4 aromatic rings. The van der Waals surface area contributed by atoms with Gasteiger partial charge in [-0.1, -0.05) is 12.1 Å². The third kappa shape index (κ3) is 4.86. The van der Waals surface area contributed by atoms with Gasteiger partial charge in [0.15, 0.2) is 23.0 Å². The molecular weight excluding hydrogens is 432 g/mol. The SMILES string of the molecule is Oc1cc2cc(c1)Oc1cc(ccc1O)CCc1cc(O)cc(c1)Oc1cc(ccc1O)CC2. The first-order valence-electron chi connectivity index (χ1n) is 11.1. The molecular formula is C28H24O6. The van der Waals surface area contributed by atoms with E-state index in [9.17, 15) is 20.4 Å². The van der Waals surface area contributed by atoms with Crippen LogP contribution in [0.2, 0.25) is 0 Å². The number of phenols is 4. The quantitative estimate of drug-likeness (QED) is 0.260. The molecule has 0 saturated carbocycles. The van der Waals surface area contributed by atoms with Crippen molar-refractivity contribution >= 4 is 0 Å². The molecule has 4 aromatic carbocycles. The summed E-state index contributed by atoms with van der Waals surface area (Å²) in [6, 6.07) is 20.4. The minimum atomic E-state index is 0.00714. The van der Waals surface area contributed by atoms with Gasteiger partial charge in [0.25, 0.3) is 0 Å². The maximum absolute atomic E-state index is 10.3. The van der Waals surface area contributed by atoms with Gasteiger partial charge in [-0.25, -0.2) is 0 Å². The molecule has 1 aliphatic rings. The van der Waals surface area contributed by atoms with Crippen molar-refractivity contribution < 1.29 is 29.9 Å². The van der Waals surface area contributed by atoms with Crippen LogP contribution in [0.25, 0.3) is 0 Å². The third-order valence-electron chi connectivity index (χ3n) is 5.81. The van der Waals surface area contributed by atoms with Gasteiger partial charge in [0.2, 0.25) is 0 Å². The lowest BCUT2D eigenvalue weighted by Gasteiger charge is -2.14. The summed E-state index contributed by atoms with van der Waals surface area (Å²) in [5.74, 6) is 1.62. The molecule has 172 valence electrons. The Bertz CT molecular complexity index is 1260. The molecule has 0 amide bonds. The highest BCUT2D eigenvalue weighted by molar-refractivity contribution is 5.49. The summed E-state index contributed by atoms with van der Waals surface area (Å²) in [7, 11) is 0. The fourth-order valence-electron chi connectivity index (χ4n) is 4.12. The van der Waals surface area contributed by atoms with E-state index in [-0.39, 0.29) is 23.0 Å². The molecule has 0 aliphatic carbocycles. The van der Waals surface area contributed by atoms with Crippen LogP contribution < -0.4 is 9.47 Å². The van der Waals surface area contributed by atoms with Crippen LogP contribution >= 0.6 is 0 Å². The molecule has 0 saturated heterocycles. The fraction of sp³-hybridized carbons (Fsp3) is 0.143. The Morgan fingerprint density at radius 1 is 0.441 bits per heavy atom. The van der Waals surface area contributed by atoms with Crippen molar-refractivity contribution in [3.05, 3.63) is 95.1 Å². The smallest absolute Gasteiger partial charge is 0.169 e. The highest BCUT2D eigenvalue weighted by Gasteiger charge is 2.12. The molecule has 0 spiro atoms. The summed E-state index contributed by atoms with van der Waals surface area (Å²) in [5, 5.41) is 41.1. The zero-order valence-corrected chi connectivity index (χ0v) is 18.4.